The molecule has 174 valence electrons. The average molecular weight is 436 g/mol. The lowest BCUT2D eigenvalue weighted by Gasteiger charge is -2.32. The average Bonchev–Trinajstić information content (AvgIpc) is 2.74. The predicted molar refractivity (Wildman–Crippen MR) is 118 cm³/mol. The maximum absolute atomic E-state index is 12.9. The highest BCUT2D eigenvalue weighted by Crippen LogP contribution is 2.27. The Morgan fingerprint density at radius 3 is 2.42 bits per heavy atom. The maximum Gasteiger partial charge on any atom is 0.412 e. The van der Waals surface area contributed by atoms with Gasteiger partial charge < -0.3 is 18.9 Å². The normalized spacial score (nSPS) is 22.5. The van der Waals surface area contributed by atoms with E-state index in [0.29, 0.717) is 12.3 Å². The summed E-state index contributed by atoms with van der Waals surface area (Å²) in [5, 5.41) is 0. The van der Waals surface area contributed by atoms with E-state index < -0.39 is 23.7 Å². The summed E-state index contributed by atoms with van der Waals surface area (Å²) in [6.07, 6.45) is 3.13. The molecule has 2 rings (SSSR count). The zero-order chi connectivity index (χ0) is 23.0. The lowest BCUT2D eigenvalue weighted by molar-refractivity contribution is -0.157. The molecule has 1 aliphatic rings. The van der Waals surface area contributed by atoms with Crippen LogP contribution in [0.2, 0.25) is 0 Å². The molecule has 1 aromatic rings. The number of benzene rings is 1. The van der Waals surface area contributed by atoms with Gasteiger partial charge in [-0.15, -0.1) is 0 Å². The standard InChI is InChI=1S/C24H37NO6/c1-17-14-19(15-18-10-12-20(29-6)13-11-18)8-7-9-21(22(26)30-17)25(16-28-5)23(27)31-24(2,3)4/h10-13,17,19,21H,7-9,14-16H2,1-6H3/t17?,19?,21-/m0/s1. The highest BCUT2D eigenvalue weighted by atomic mass is 16.6. The molecule has 31 heavy (non-hydrogen) atoms. The van der Waals surface area contributed by atoms with Crippen LogP contribution in [0.4, 0.5) is 4.79 Å². The highest BCUT2D eigenvalue weighted by Gasteiger charge is 2.35. The van der Waals surface area contributed by atoms with Crippen molar-refractivity contribution in [1.82, 2.24) is 4.90 Å². The number of nitrogens with zero attached hydrogens (tertiary/aromatic N) is 1. The van der Waals surface area contributed by atoms with Gasteiger partial charge in [0, 0.05) is 7.11 Å². The summed E-state index contributed by atoms with van der Waals surface area (Å²) in [5.41, 5.74) is 0.567. The number of hydrogen-bond acceptors (Lipinski definition) is 6. The van der Waals surface area contributed by atoms with E-state index >= 15 is 0 Å². The van der Waals surface area contributed by atoms with Crippen molar-refractivity contribution in [2.24, 2.45) is 5.92 Å². The van der Waals surface area contributed by atoms with Crippen LogP contribution in [0.15, 0.2) is 24.3 Å². The third kappa shape index (κ3) is 8.05. The van der Waals surface area contributed by atoms with Gasteiger partial charge in [0.05, 0.1) is 13.2 Å². The van der Waals surface area contributed by atoms with E-state index in [9.17, 15) is 9.59 Å². The number of carbonyl (C=O) groups excluding carboxylic acids is 2. The molecular formula is C24H37NO6. The minimum absolute atomic E-state index is 0.0294. The van der Waals surface area contributed by atoms with Gasteiger partial charge in [0.1, 0.15) is 24.1 Å². The Morgan fingerprint density at radius 1 is 1.16 bits per heavy atom. The predicted octanol–water partition coefficient (Wildman–Crippen LogP) is 4.57. The van der Waals surface area contributed by atoms with Crippen LogP contribution in [-0.4, -0.2) is 55.7 Å². The van der Waals surface area contributed by atoms with Gasteiger partial charge in [0.25, 0.3) is 0 Å². The van der Waals surface area contributed by atoms with E-state index in [2.05, 4.69) is 12.1 Å². The van der Waals surface area contributed by atoms with Crippen LogP contribution in [-0.2, 0) is 25.4 Å². The van der Waals surface area contributed by atoms with Crippen molar-refractivity contribution in [3.05, 3.63) is 29.8 Å². The zero-order valence-corrected chi connectivity index (χ0v) is 19.7. The van der Waals surface area contributed by atoms with E-state index in [1.807, 2.05) is 19.1 Å². The third-order valence-electron chi connectivity index (χ3n) is 5.30. The smallest absolute Gasteiger partial charge is 0.412 e. The Kier molecular flexibility index (Phi) is 9.16. The number of ether oxygens (including phenoxy) is 4. The topological polar surface area (TPSA) is 74.3 Å². The first kappa shape index (κ1) is 25.0. The molecule has 1 aromatic carbocycles. The summed E-state index contributed by atoms with van der Waals surface area (Å²) in [4.78, 5) is 27.0. The van der Waals surface area contributed by atoms with E-state index in [-0.39, 0.29) is 12.8 Å². The molecule has 1 saturated heterocycles. The van der Waals surface area contributed by atoms with Crippen LogP contribution < -0.4 is 4.74 Å². The minimum atomic E-state index is -0.725. The fraction of sp³-hybridized carbons (Fsp3) is 0.667. The second-order valence-corrected chi connectivity index (χ2v) is 9.22. The number of rotatable bonds is 6. The molecule has 1 heterocycles. The Balaban J connectivity index is 2.10. The van der Waals surface area contributed by atoms with Gasteiger partial charge in [-0.25, -0.2) is 9.59 Å². The molecular weight excluding hydrogens is 398 g/mol. The molecule has 7 nitrogen and oxygen atoms in total. The number of amides is 1. The Hall–Kier alpha value is -2.28. The second kappa shape index (κ2) is 11.4. The molecule has 0 aromatic heterocycles. The van der Waals surface area contributed by atoms with Crippen LogP contribution in [0, 0.1) is 5.92 Å². The summed E-state index contributed by atoms with van der Waals surface area (Å²) in [5.74, 6) is 0.816. The summed E-state index contributed by atoms with van der Waals surface area (Å²) in [6, 6.07) is 7.36. The van der Waals surface area contributed by atoms with Gasteiger partial charge in [0.2, 0.25) is 0 Å². The first-order valence-electron chi connectivity index (χ1n) is 10.9. The van der Waals surface area contributed by atoms with Crippen molar-refractivity contribution < 1.29 is 28.5 Å². The molecule has 0 saturated carbocycles. The summed E-state index contributed by atoms with van der Waals surface area (Å²) in [7, 11) is 3.15. The Labute approximate surface area is 186 Å². The number of carbonyl (C=O) groups is 2. The lowest BCUT2D eigenvalue weighted by Crippen LogP contribution is -2.49. The largest absolute Gasteiger partial charge is 0.497 e. The monoisotopic (exact) mass is 435 g/mol. The second-order valence-electron chi connectivity index (χ2n) is 9.22. The lowest BCUT2D eigenvalue weighted by atomic mass is 9.89. The zero-order valence-electron chi connectivity index (χ0n) is 19.7. The first-order chi connectivity index (χ1) is 14.6. The summed E-state index contributed by atoms with van der Waals surface area (Å²) < 4.78 is 21.7. The van der Waals surface area contributed by atoms with Gasteiger partial charge in [-0.1, -0.05) is 18.6 Å². The van der Waals surface area contributed by atoms with Crippen molar-refractivity contribution in [2.45, 2.75) is 77.5 Å². The van der Waals surface area contributed by atoms with E-state index in [1.54, 1.807) is 27.9 Å². The first-order valence-corrected chi connectivity index (χ1v) is 10.9. The summed E-state index contributed by atoms with van der Waals surface area (Å²) in [6.45, 7) is 7.27. The van der Waals surface area contributed by atoms with Crippen molar-refractivity contribution >= 4 is 12.1 Å². The summed E-state index contributed by atoms with van der Waals surface area (Å²) >= 11 is 0. The molecule has 2 unspecified atom stereocenters. The highest BCUT2D eigenvalue weighted by molar-refractivity contribution is 5.81. The number of cyclic esters (lactones) is 1. The van der Waals surface area contributed by atoms with Crippen molar-refractivity contribution in [2.75, 3.05) is 21.0 Å². The van der Waals surface area contributed by atoms with Crippen LogP contribution >= 0.6 is 0 Å². The van der Waals surface area contributed by atoms with Gasteiger partial charge in [0.15, 0.2) is 0 Å². The van der Waals surface area contributed by atoms with Gasteiger partial charge in [-0.3, -0.25) is 4.90 Å². The Bertz CT molecular complexity index is 712. The van der Waals surface area contributed by atoms with E-state index in [4.69, 9.17) is 18.9 Å². The molecule has 0 bridgehead atoms. The van der Waals surface area contributed by atoms with Crippen molar-refractivity contribution in [3.63, 3.8) is 0 Å². The fourth-order valence-electron chi connectivity index (χ4n) is 3.92. The maximum atomic E-state index is 12.9. The molecule has 0 N–H and O–H groups in total. The van der Waals surface area contributed by atoms with Crippen molar-refractivity contribution in [3.8, 4) is 5.75 Å². The third-order valence-corrected chi connectivity index (χ3v) is 5.30. The van der Waals surface area contributed by atoms with E-state index in [1.165, 1.54) is 17.6 Å². The van der Waals surface area contributed by atoms with Gasteiger partial charge >= 0.3 is 12.1 Å². The van der Waals surface area contributed by atoms with Crippen molar-refractivity contribution in [1.29, 1.82) is 0 Å². The van der Waals surface area contributed by atoms with Gasteiger partial charge in [-0.2, -0.15) is 0 Å². The van der Waals surface area contributed by atoms with E-state index in [0.717, 1.165) is 31.4 Å². The molecule has 3 atom stereocenters. The van der Waals surface area contributed by atoms with Gasteiger partial charge in [-0.05, 0) is 77.0 Å². The number of esters is 1. The molecule has 0 spiro atoms. The molecule has 1 aliphatic heterocycles. The van der Waals surface area contributed by atoms with Crippen LogP contribution in [0.5, 0.6) is 5.75 Å². The number of hydrogen-bond donors (Lipinski definition) is 0. The fourth-order valence-corrected chi connectivity index (χ4v) is 3.92. The molecule has 0 aliphatic carbocycles. The molecule has 0 radical (unpaired) electrons. The van der Waals surface area contributed by atoms with Crippen LogP contribution in [0.1, 0.15) is 58.9 Å². The van der Waals surface area contributed by atoms with Crippen LogP contribution in [0.25, 0.3) is 0 Å². The quantitative estimate of drug-likeness (QED) is 0.481. The molecule has 1 fully saturated rings. The molecule has 7 heteroatoms. The molecule has 1 amide bonds. The Morgan fingerprint density at radius 2 is 1.84 bits per heavy atom. The SMILES string of the molecule is COCN(C(=O)OC(C)(C)C)[C@H]1CCCC(Cc2ccc(OC)cc2)CC(C)OC1=O. The number of methoxy groups -OCH3 is 2. The minimum Gasteiger partial charge on any atom is -0.497 e. The van der Waals surface area contributed by atoms with Crippen LogP contribution in [0.3, 0.4) is 0 Å².